The van der Waals surface area contributed by atoms with E-state index in [2.05, 4.69) is 23.2 Å². The third-order valence-electron chi connectivity index (χ3n) is 4.19. The molecule has 6 rings (SSSR count). The van der Waals surface area contributed by atoms with Gasteiger partial charge in [-0.25, -0.2) is 0 Å². The summed E-state index contributed by atoms with van der Waals surface area (Å²) in [4.78, 5) is 3.12. The van der Waals surface area contributed by atoms with Crippen molar-refractivity contribution >= 4 is 32.8 Å². The van der Waals surface area contributed by atoms with Crippen molar-refractivity contribution in [3.63, 3.8) is 0 Å². The predicted molar refractivity (Wildman–Crippen MR) is 133 cm³/mol. The smallest absolute Gasteiger partial charge is 0.133 e. The fourth-order valence-corrected chi connectivity index (χ4v) is 2.81. The standard InChI is InChI=1S/C8H7N.2C8H6O.2C2H6/c3*1-2-4-8-7(3-1)5-6-9-8;2*1-2/h1-6,9H;2*1-6H;2*1-2H3. The fourth-order valence-electron chi connectivity index (χ4n) is 2.81. The Morgan fingerprint density at radius 3 is 1.42 bits per heavy atom. The molecule has 0 aliphatic carbocycles. The Hall–Kier alpha value is -3.72. The highest BCUT2D eigenvalue weighted by Crippen LogP contribution is 2.13. The minimum atomic E-state index is 0.956. The number of fused-ring (bicyclic) bond motifs is 3. The second-order valence-electron chi connectivity index (χ2n) is 5.98. The zero-order chi connectivity index (χ0) is 22.3. The first-order valence-corrected chi connectivity index (χ1v) is 10.8. The van der Waals surface area contributed by atoms with Crippen LogP contribution in [0.1, 0.15) is 27.7 Å². The molecular formula is C28H31NO2. The molecule has 3 aromatic carbocycles. The fraction of sp³-hybridized carbons (Fsp3) is 0.143. The van der Waals surface area contributed by atoms with Crippen molar-refractivity contribution in [1.29, 1.82) is 0 Å². The SMILES string of the molecule is CC.CC.c1ccc2[nH]ccc2c1.c1ccc2occc2c1.c1ccc2occc2c1. The van der Waals surface area contributed by atoms with Gasteiger partial charge in [0.25, 0.3) is 0 Å². The monoisotopic (exact) mass is 413 g/mol. The molecule has 3 heterocycles. The maximum absolute atomic E-state index is 5.12. The normalized spacial score (nSPS) is 9.29. The van der Waals surface area contributed by atoms with Gasteiger partial charge in [-0.15, -0.1) is 0 Å². The van der Waals surface area contributed by atoms with Crippen LogP contribution < -0.4 is 0 Å². The number of para-hydroxylation sites is 3. The first-order chi connectivity index (χ1) is 15.4. The maximum atomic E-state index is 5.12. The molecule has 31 heavy (non-hydrogen) atoms. The zero-order valence-electron chi connectivity index (χ0n) is 18.7. The summed E-state index contributed by atoms with van der Waals surface area (Å²) in [5.41, 5.74) is 3.12. The van der Waals surface area contributed by atoms with Gasteiger partial charge in [0.05, 0.1) is 12.5 Å². The zero-order valence-corrected chi connectivity index (χ0v) is 18.7. The lowest BCUT2D eigenvalue weighted by atomic mass is 10.3. The molecule has 160 valence electrons. The first kappa shape index (κ1) is 23.6. The summed E-state index contributed by atoms with van der Waals surface area (Å²) in [7, 11) is 0. The number of benzene rings is 3. The van der Waals surface area contributed by atoms with Gasteiger partial charge in [0, 0.05) is 22.5 Å². The molecule has 0 spiro atoms. The van der Waals surface area contributed by atoms with E-state index in [4.69, 9.17) is 8.83 Å². The van der Waals surface area contributed by atoms with Gasteiger partial charge in [-0.05, 0) is 41.8 Å². The van der Waals surface area contributed by atoms with Gasteiger partial charge in [-0.2, -0.15) is 0 Å². The second kappa shape index (κ2) is 13.5. The van der Waals surface area contributed by atoms with Crippen LogP contribution in [0, 0.1) is 0 Å². The van der Waals surface area contributed by atoms with Crippen molar-refractivity contribution < 1.29 is 8.83 Å². The van der Waals surface area contributed by atoms with Crippen LogP contribution in [-0.2, 0) is 0 Å². The second-order valence-corrected chi connectivity index (χ2v) is 5.98. The number of rotatable bonds is 0. The molecule has 0 unspecified atom stereocenters. The van der Waals surface area contributed by atoms with E-state index in [1.54, 1.807) is 12.5 Å². The average molecular weight is 414 g/mol. The summed E-state index contributed by atoms with van der Waals surface area (Å²) in [5.74, 6) is 0. The van der Waals surface area contributed by atoms with Crippen molar-refractivity contribution in [2.24, 2.45) is 0 Å². The predicted octanol–water partition coefficient (Wildman–Crippen LogP) is 9.09. The molecule has 0 saturated carbocycles. The summed E-state index contributed by atoms with van der Waals surface area (Å²) in [6.45, 7) is 8.00. The molecule has 0 saturated heterocycles. The Labute approximate surface area is 184 Å². The molecule has 3 nitrogen and oxygen atoms in total. The van der Waals surface area contributed by atoms with Gasteiger partial charge in [-0.1, -0.05) is 82.3 Å². The molecule has 0 fully saturated rings. The van der Waals surface area contributed by atoms with E-state index >= 15 is 0 Å². The van der Waals surface area contributed by atoms with Crippen LogP contribution >= 0.6 is 0 Å². The molecule has 3 aromatic heterocycles. The Kier molecular flexibility index (Phi) is 10.3. The Morgan fingerprint density at radius 1 is 0.484 bits per heavy atom. The van der Waals surface area contributed by atoms with Crippen LogP contribution in [0.15, 0.2) is 119 Å². The highest BCUT2D eigenvalue weighted by molar-refractivity contribution is 5.79. The van der Waals surface area contributed by atoms with E-state index in [-0.39, 0.29) is 0 Å². The van der Waals surface area contributed by atoms with Gasteiger partial charge < -0.3 is 13.8 Å². The summed E-state index contributed by atoms with van der Waals surface area (Å²) in [6.07, 6.45) is 5.35. The van der Waals surface area contributed by atoms with Gasteiger partial charge in [0.1, 0.15) is 11.2 Å². The summed E-state index contributed by atoms with van der Waals surface area (Å²) in [6, 6.07) is 30.1. The van der Waals surface area contributed by atoms with Crippen LogP contribution in [0.25, 0.3) is 32.8 Å². The van der Waals surface area contributed by atoms with Crippen LogP contribution in [-0.4, -0.2) is 4.98 Å². The number of aromatic amines is 1. The number of furan rings is 2. The van der Waals surface area contributed by atoms with Crippen LogP contribution in [0.4, 0.5) is 0 Å². The van der Waals surface area contributed by atoms with E-state index in [0.29, 0.717) is 0 Å². The minimum absolute atomic E-state index is 0.956. The molecular weight excluding hydrogens is 382 g/mol. The van der Waals surface area contributed by atoms with E-state index in [1.807, 2.05) is 107 Å². The summed E-state index contributed by atoms with van der Waals surface area (Å²) < 4.78 is 10.2. The molecule has 0 bridgehead atoms. The Balaban J connectivity index is 0.000000153. The molecule has 0 radical (unpaired) electrons. The van der Waals surface area contributed by atoms with Gasteiger partial charge >= 0.3 is 0 Å². The van der Waals surface area contributed by atoms with Crippen molar-refractivity contribution in [2.45, 2.75) is 27.7 Å². The van der Waals surface area contributed by atoms with Gasteiger partial charge in [0.15, 0.2) is 0 Å². The average Bonchev–Trinajstić information content (AvgIpc) is 3.63. The molecule has 0 amide bonds. The lowest BCUT2D eigenvalue weighted by molar-refractivity contribution is 0.615. The number of hydrogen-bond acceptors (Lipinski definition) is 2. The number of nitrogens with one attached hydrogen (secondary N) is 1. The summed E-state index contributed by atoms with van der Waals surface area (Å²) >= 11 is 0. The van der Waals surface area contributed by atoms with E-state index in [1.165, 1.54) is 10.9 Å². The molecule has 1 N–H and O–H groups in total. The molecule has 0 aliphatic rings. The number of H-pyrrole nitrogens is 1. The third-order valence-corrected chi connectivity index (χ3v) is 4.19. The van der Waals surface area contributed by atoms with Crippen molar-refractivity contribution in [1.82, 2.24) is 4.98 Å². The number of aromatic nitrogens is 1. The van der Waals surface area contributed by atoms with Crippen molar-refractivity contribution in [3.8, 4) is 0 Å². The molecule has 6 aromatic rings. The highest BCUT2D eigenvalue weighted by Gasteiger charge is 1.90. The number of hydrogen-bond donors (Lipinski definition) is 1. The Morgan fingerprint density at radius 2 is 0.935 bits per heavy atom. The summed E-state index contributed by atoms with van der Waals surface area (Å²) in [5, 5.41) is 3.60. The van der Waals surface area contributed by atoms with Crippen molar-refractivity contribution in [2.75, 3.05) is 0 Å². The van der Waals surface area contributed by atoms with Gasteiger partial charge in [0.2, 0.25) is 0 Å². The lowest BCUT2D eigenvalue weighted by Gasteiger charge is -1.83. The largest absolute Gasteiger partial charge is 0.464 e. The van der Waals surface area contributed by atoms with E-state index < -0.39 is 0 Å². The van der Waals surface area contributed by atoms with Crippen LogP contribution in [0.3, 0.4) is 0 Å². The molecule has 0 atom stereocenters. The minimum Gasteiger partial charge on any atom is -0.464 e. The third kappa shape index (κ3) is 6.93. The van der Waals surface area contributed by atoms with Crippen LogP contribution in [0.5, 0.6) is 0 Å². The van der Waals surface area contributed by atoms with Crippen LogP contribution in [0.2, 0.25) is 0 Å². The molecule has 3 heteroatoms. The maximum Gasteiger partial charge on any atom is 0.133 e. The van der Waals surface area contributed by atoms with E-state index in [0.717, 1.165) is 21.9 Å². The highest BCUT2D eigenvalue weighted by atomic mass is 16.3. The first-order valence-electron chi connectivity index (χ1n) is 10.8. The topological polar surface area (TPSA) is 42.1 Å². The quantitative estimate of drug-likeness (QED) is 0.270. The Bertz CT molecular complexity index is 996. The van der Waals surface area contributed by atoms with Gasteiger partial charge in [-0.3, -0.25) is 0 Å². The van der Waals surface area contributed by atoms with E-state index in [9.17, 15) is 0 Å². The molecule has 0 aliphatic heterocycles. The van der Waals surface area contributed by atoms with Crippen molar-refractivity contribution in [3.05, 3.63) is 110 Å². The lowest BCUT2D eigenvalue weighted by Crippen LogP contribution is -1.61.